The summed E-state index contributed by atoms with van der Waals surface area (Å²) in [7, 11) is 0. The predicted octanol–water partition coefficient (Wildman–Crippen LogP) is -0.196. The van der Waals surface area contributed by atoms with Gasteiger partial charge in [-0.3, -0.25) is 19.6 Å². The van der Waals surface area contributed by atoms with Crippen LogP contribution in [0.25, 0.3) is 0 Å². The Morgan fingerprint density at radius 2 is 2.29 bits per heavy atom. The first-order valence-corrected chi connectivity index (χ1v) is 4.96. The molecule has 1 aromatic rings. The normalized spacial score (nSPS) is 11.0. The second-order valence-corrected chi connectivity index (χ2v) is 3.45. The Morgan fingerprint density at radius 1 is 1.59 bits per heavy atom. The third kappa shape index (κ3) is 3.94. The minimum atomic E-state index is -0.789. The number of nitrogens with two attached hydrogens (primary N) is 1. The monoisotopic (exact) mass is 234 g/mol. The average Bonchev–Trinajstić information content (AvgIpc) is 2.27. The molecule has 1 rings (SSSR count). The molecule has 0 aliphatic carbocycles. The molecule has 90 valence electrons. The summed E-state index contributed by atoms with van der Waals surface area (Å²) in [5.74, 6) is -0.789. The summed E-state index contributed by atoms with van der Waals surface area (Å²) in [6.07, 6.45) is 2.96. The molecular weight excluding hydrogens is 220 g/mol. The molecule has 0 saturated heterocycles. The quantitative estimate of drug-likeness (QED) is 0.615. The highest BCUT2D eigenvalue weighted by Crippen LogP contribution is 1.89. The number of amides is 1. The lowest BCUT2D eigenvalue weighted by Gasteiger charge is -2.08. The van der Waals surface area contributed by atoms with Crippen molar-refractivity contribution in [2.75, 3.05) is 0 Å². The molecule has 1 amide bonds. The van der Waals surface area contributed by atoms with Crippen molar-refractivity contribution in [1.29, 1.82) is 5.41 Å². The van der Waals surface area contributed by atoms with Crippen molar-refractivity contribution >= 4 is 11.6 Å². The number of nitrogens with one attached hydrogen (secondary N) is 2. The highest BCUT2D eigenvalue weighted by molar-refractivity contribution is 6.41. The van der Waals surface area contributed by atoms with Gasteiger partial charge < -0.3 is 11.1 Å². The van der Waals surface area contributed by atoms with Crippen LogP contribution in [0.2, 0.25) is 0 Å². The lowest BCUT2D eigenvalue weighted by Crippen LogP contribution is -2.27. The fourth-order valence-corrected chi connectivity index (χ4v) is 1.14. The zero-order valence-electron chi connectivity index (χ0n) is 9.43. The van der Waals surface area contributed by atoms with E-state index >= 15 is 0 Å². The van der Waals surface area contributed by atoms with Crippen LogP contribution in [0.1, 0.15) is 6.92 Å². The Balaban J connectivity index is 2.63. The van der Waals surface area contributed by atoms with E-state index in [0.717, 1.165) is 0 Å². The van der Waals surface area contributed by atoms with E-state index < -0.39 is 5.91 Å². The third-order valence-electron chi connectivity index (χ3n) is 2.05. The molecule has 0 radical (unpaired) electrons. The topological polar surface area (TPSA) is 101 Å². The van der Waals surface area contributed by atoms with Gasteiger partial charge in [-0.2, -0.15) is 0 Å². The van der Waals surface area contributed by atoms with Crippen LogP contribution in [0.5, 0.6) is 0 Å². The van der Waals surface area contributed by atoms with E-state index in [1.807, 2.05) is 0 Å². The van der Waals surface area contributed by atoms with Gasteiger partial charge in [-0.15, -0.1) is 0 Å². The summed E-state index contributed by atoms with van der Waals surface area (Å²) in [4.78, 5) is 22.0. The van der Waals surface area contributed by atoms with Gasteiger partial charge in [0.25, 0.3) is 11.5 Å². The number of carbonyl (C=O) groups is 1. The van der Waals surface area contributed by atoms with Gasteiger partial charge in [-0.1, -0.05) is 6.07 Å². The van der Waals surface area contributed by atoms with Crippen molar-refractivity contribution in [3.05, 3.63) is 46.5 Å². The van der Waals surface area contributed by atoms with Crippen molar-refractivity contribution in [2.45, 2.75) is 13.6 Å². The van der Waals surface area contributed by atoms with E-state index in [9.17, 15) is 9.59 Å². The van der Waals surface area contributed by atoms with Gasteiger partial charge in [0, 0.05) is 18.0 Å². The first kappa shape index (κ1) is 12.7. The molecule has 0 bridgehead atoms. The van der Waals surface area contributed by atoms with Crippen LogP contribution < -0.4 is 16.6 Å². The van der Waals surface area contributed by atoms with Gasteiger partial charge in [-0.05, 0) is 19.1 Å². The van der Waals surface area contributed by atoms with Gasteiger partial charge in [0.15, 0.2) is 0 Å². The summed E-state index contributed by atoms with van der Waals surface area (Å²) in [6.45, 7) is 1.96. The van der Waals surface area contributed by atoms with E-state index in [1.165, 1.54) is 16.7 Å². The Labute approximate surface area is 98.3 Å². The Morgan fingerprint density at radius 3 is 2.88 bits per heavy atom. The lowest BCUT2D eigenvalue weighted by molar-refractivity contribution is -0.111. The van der Waals surface area contributed by atoms with E-state index in [2.05, 4.69) is 5.32 Å². The van der Waals surface area contributed by atoms with Gasteiger partial charge in [-0.25, -0.2) is 0 Å². The highest BCUT2D eigenvalue weighted by atomic mass is 16.1. The van der Waals surface area contributed by atoms with Gasteiger partial charge in [0.05, 0.1) is 6.67 Å². The van der Waals surface area contributed by atoms with Crippen molar-refractivity contribution in [2.24, 2.45) is 5.73 Å². The van der Waals surface area contributed by atoms with Crippen LogP contribution in [-0.4, -0.2) is 16.2 Å². The summed E-state index contributed by atoms with van der Waals surface area (Å²) >= 11 is 0. The van der Waals surface area contributed by atoms with E-state index in [-0.39, 0.29) is 17.9 Å². The minimum absolute atomic E-state index is 0.127. The molecule has 6 heteroatoms. The highest BCUT2D eigenvalue weighted by Gasteiger charge is 2.00. The van der Waals surface area contributed by atoms with Crippen LogP contribution in [0.3, 0.4) is 0 Å². The molecule has 0 atom stereocenters. The summed E-state index contributed by atoms with van der Waals surface area (Å²) in [6, 6.07) is 4.85. The molecule has 0 fully saturated rings. The standard InChI is InChI=1S/C11H14N4O2/c1-8(6-9(12)11(13)17)14-7-15-5-3-2-4-10(15)16/h2-6,12,14H,7H2,1H3,(H2,13,17)/b8-6-,12-9?. The zero-order valence-corrected chi connectivity index (χ0v) is 9.43. The lowest BCUT2D eigenvalue weighted by atomic mass is 10.3. The van der Waals surface area contributed by atoms with Crippen molar-refractivity contribution in [3.63, 3.8) is 0 Å². The SMILES string of the molecule is C/C(=C/C(=N)C(N)=O)NCn1ccccc1=O. The summed E-state index contributed by atoms with van der Waals surface area (Å²) < 4.78 is 1.46. The van der Waals surface area contributed by atoms with Crippen molar-refractivity contribution in [1.82, 2.24) is 9.88 Å². The molecule has 0 aromatic carbocycles. The largest absolute Gasteiger partial charge is 0.371 e. The molecule has 0 spiro atoms. The fourth-order valence-electron chi connectivity index (χ4n) is 1.14. The zero-order chi connectivity index (χ0) is 12.8. The van der Waals surface area contributed by atoms with Crippen LogP contribution in [0.4, 0.5) is 0 Å². The molecule has 0 unspecified atom stereocenters. The number of hydrogen-bond donors (Lipinski definition) is 3. The second-order valence-electron chi connectivity index (χ2n) is 3.45. The van der Waals surface area contributed by atoms with E-state index in [4.69, 9.17) is 11.1 Å². The number of hydrogen-bond acceptors (Lipinski definition) is 4. The van der Waals surface area contributed by atoms with Crippen LogP contribution in [-0.2, 0) is 11.5 Å². The Bertz CT molecular complexity index is 516. The smallest absolute Gasteiger partial charge is 0.266 e. The first-order valence-electron chi connectivity index (χ1n) is 4.96. The molecule has 17 heavy (non-hydrogen) atoms. The molecule has 1 aromatic heterocycles. The van der Waals surface area contributed by atoms with Crippen molar-refractivity contribution in [3.8, 4) is 0 Å². The minimum Gasteiger partial charge on any atom is -0.371 e. The number of pyridine rings is 1. The summed E-state index contributed by atoms with van der Waals surface area (Å²) in [5, 5.41) is 10.1. The molecule has 0 saturated carbocycles. The molecular formula is C11H14N4O2. The van der Waals surface area contributed by atoms with Crippen LogP contribution >= 0.6 is 0 Å². The maximum Gasteiger partial charge on any atom is 0.266 e. The molecule has 6 nitrogen and oxygen atoms in total. The average molecular weight is 234 g/mol. The van der Waals surface area contributed by atoms with E-state index in [1.54, 1.807) is 25.3 Å². The van der Waals surface area contributed by atoms with Gasteiger partial charge in [0.2, 0.25) is 0 Å². The fraction of sp³-hybridized carbons (Fsp3) is 0.182. The Kier molecular flexibility index (Phi) is 4.21. The third-order valence-corrected chi connectivity index (χ3v) is 2.05. The second kappa shape index (κ2) is 5.64. The van der Waals surface area contributed by atoms with E-state index in [0.29, 0.717) is 5.70 Å². The number of allylic oxidation sites excluding steroid dienone is 1. The molecule has 1 heterocycles. The Hall–Kier alpha value is -2.37. The summed E-state index contributed by atoms with van der Waals surface area (Å²) in [5.41, 5.74) is 5.10. The van der Waals surface area contributed by atoms with Gasteiger partial charge >= 0.3 is 0 Å². The maximum absolute atomic E-state index is 11.3. The number of carbonyl (C=O) groups excluding carboxylic acids is 1. The van der Waals surface area contributed by atoms with Crippen LogP contribution in [0.15, 0.2) is 41.0 Å². The van der Waals surface area contributed by atoms with Gasteiger partial charge in [0.1, 0.15) is 5.71 Å². The number of rotatable bonds is 5. The number of aromatic nitrogens is 1. The molecule has 0 aliphatic heterocycles. The number of nitrogens with zero attached hydrogens (tertiary/aromatic N) is 1. The number of primary amides is 1. The van der Waals surface area contributed by atoms with Crippen LogP contribution in [0, 0.1) is 5.41 Å². The van der Waals surface area contributed by atoms with Crippen molar-refractivity contribution < 1.29 is 4.79 Å². The molecule has 4 N–H and O–H groups in total. The predicted molar refractivity (Wildman–Crippen MR) is 64.5 cm³/mol. The first-order chi connectivity index (χ1) is 8.00. The molecule has 0 aliphatic rings. The maximum atomic E-state index is 11.3.